The maximum absolute atomic E-state index is 14.4. The Morgan fingerprint density at radius 1 is 1.31 bits per heavy atom. The fourth-order valence-electron chi connectivity index (χ4n) is 3.19. The van der Waals surface area contributed by atoms with E-state index in [-0.39, 0.29) is 11.7 Å². The number of imidazole rings is 1. The summed E-state index contributed by atoms with van der Waals surface area (Å²) in [7, 11) is 1.81. The van der Waals surface area contributed by atoms with E-state index in [9.17, 15) is 9.18 Å². The highest BCUT2D eigenvalue weighted by Gasteiger charge is 2.24. The van der Waals surface area contributed by atoms with Gasteiger partial charge >= 0.3 is 0 Å². The van der Waals surface area contributed by atoms with Gasteiger partial charge in [-0.15, -0.1) is 0 Å². The topological polar surface area (TPSA) is 56.2 Å². The van der Waals surface area contributed by atoms with Crippen molar-refractivity contribution in [1.82, 2.24) is 14.9 Å². The van der Waals surface area contributed by atoms with Crippen LogP contribution in [0.25, 0.3) is 0 Å². The van der Waals surface area contributed by atoms with E-state index in [1.807, 2.05) is 13.1 Å². The first-order valence-corrected chi connectivity index (χ1v) is 8.42. The second-order valence-corrected chi connectivity index (χ2v) is 6.25. The van der Waals surface area contributed by atoms with E-state index in [0.717, 1.165) is 17.7 Å². The SMILES string of the molecule is Cn1ccnc1C(NC(=O)c1ccc2c(c1)CCO2)c1ccccc1F. The van der Waals surface area contributed by atoms with E-state index in [2.05, 4.69) is 10.3 Å². The first-order valence-electron chi connectivity index (χ1n) is 8.42. The fraction of sp³-hybridized carbons (Fsp3) is 0.200. The van der Waals surface area contributed by atoms with Gasteiger partial charge in [0.2, 0.25) is 0 Å². The predicted molar refractivity (Wildman–Crippen MR) is 94.6 cm³/mol. The number of nitrogens with one attached hydrogen (secondary N) is 1. The molecule has 0 radical (unpaired) electrons. The van der Waals surface area contributed by atoms with Crippen LogP contribution in [0.1, 0.15) is 33.4 Å². The van der Waals surface area contributed by atoms with Gasteiger partial charge in [0.25, 0.3) is 5.91 Å². The average molecular weight is 351 g/mol. The van der Waals surface area contributed by atoms with E-state index in [4.69, 9.17) is 4.74 Å². The number of amides is 1. The van der Waals surface area contributed by atoms with Gasteiger partial charge in [-0.1, -0.05) is 18.2 Å². The number of ether oxygens (including phenoxy) is 1. The number of aryl methyl sites for hydroxylation is 1. The maximum Gasteiger partial charge on any atom is 0.252 e. The largest absolute Gasteiger partial charge is 0.493 e. The van der Waals surface area contributed by atoms with Crippen LogP contribution in [0.2, 0.25) is 0 Å². The molecule has 1 aliphatic rings. The summed E-state index contributed by atoms with van der Waals surface area (Å²) in [5.41, 5.74) is 1.90. The molecule has 26 heavy (non-hydrogen) atoms. The summed E-state index contributed by atoms with van der Waals surface area (Å²) in [6.45, 7) is 0.630. The van der Waals surface area contributed by atoms with Crippen LogP contribution >= 0.6 is 0 Å². The molecular formula is C20H18FN3O2. The monoisotopic (exact) mass is 351 g/mol. The number of nitrogens with zero attached hydrogens (tertiary/aromatic N) is 2. The Kier molecular flexibility index (Phi) is 4.16. The van der Waals surface area contributed by atoms with Crippen LogP contribution < -0.4 is 10.1 Å². The minimum atomic E-state index is -0.687. The van der Waals surface area contributed by atoms with Crippen LogP contribution in [0.15, 0.2) is 54.9 Å². The zero-order chi connectivity index (χ0) is 18.1. The van der Waals surface area contributed by atoms with Crippen LogP contribution in [0.4, 0.5) is 4.39 Å². The summed E-state index contributed by atoms with van der Waals surface area (Å²) in [6, 6.07) is 11.1. The van der Waals surface area contributed by atoms with Crippen molar-refractivity contribution < 1.29 is 13.9 Å². The van der Waals surface area contributed by atoms with Crippen molar-refractivity contribution in [3.8, 4) is 5.75 Å². The lowest BCUT2D eigenvalue weighted by Crippen LogP contribution is -2.31. The number of hydrogen-bond donors (Lipinski definition) is 1. The number of carbonyl (C=O) groups excluding carboxylic acids is 1. The number of carbonyl (C=O) groups is 1. The number of halogens is 1. The second-order valence-electron chi connectivity index (χ2n) is 6.25. The summed E-state index contributed by atoms with van der Waals surface area (Å²) in [5, 5.41) is 2.92. The van der Waals surface area contributed by atoms with Crippen molar-refractivity contribution in [1.29, 1.82) is 0 Å². The second kappa shape index (κ2) is 6.63. The lowest BCUT2D eigenvalue weighted by Gasteiger charge is -2.20. The molecule has 0 bridgehead atoms. The van der Waals surface area contributed by atoms with Crippen LogP contribution in [-0.4, -0.2) is 22.1 Å². The van der Waals surface area contributed by atoms with Gasteiger partial charge in [-0.2, -0.15) is 0 Å². The van der Waals surface area contributed by atoms with Crippen molar-refractivity contribution in [3.05, 3.63) is 83.2 Å². The number of hydrogen-bond acceptors (Lipinski definition) is 3. The number of fused-ring (bicyclic) bond motifs is 1. The summed E-state index contributed by atoms with van der Waals surface area (Å²) in [5.74, 6) is 0.711. The molecule has 1 aliphatic heterocycles. The summed E-state index contributed by atoms with van der Waals surface area (Å²) in [6.07, 6.45) is 4.18. The summed E-state index contributed by atoms with van der Waals surface area (Å²) in [4.78, 5) is 17.1. The molecule has 0 spiro atoms. The van der Waals surface area contributed by atoms with Crippen molar-refractivity contribution in [2.75, 3.05) is 6.61 Å². The predicted octanol–water partition coefficient (Wildman–Crippen LogP) is 3.01. The molecule has 0 saturated heterocycles. The molecule has 1 unspecified atom stereocenters. The third-order valence-electron chi connectivity index (χ3n) is 4.56. The zero-order valence-corrected chi connectivity index (χ0v) is 14.3. The Balaban J connectivity index is 1.68. The third kappa shape index (κ3) is 2.94. The Bertz CT molecular complexity index is 967. The lowest BCUT2D eigenvalue weighted by molar-refractivity contribution is 0.0940. The molecule has 4 rings (SSSR count). The highest BCUT2D eigenvalue weighted by atomic mass is 19.1. The molecular weight excluding hydrogens is 333 g/mol. The smallest absolute Gasteiger partial charge is 0.252 e. The highest BCUT2D eigenvalue weighted by molar-refractivity contribution is 5.95. The minimum absolute atomic E-state index is 0.282. The van der Waals surface area contributed by atoms with Crippen LogP contribution in [-0.2, 0) is 13.5 Å². The Labute approximate surface area is 150 Å². The van der Waals surface area contributed by atoms with Gasteiger partial charge in [0, 0.05) is 37.0 Å². The van der Waals surface area contributed by atoms with Gasteiger partial charge in [0.05, 0.1) is 6.61 Å². The number of rotatable bonds is 4. The number of aromatic nitrogens is 2. The maximum atomic E-state index is 14.4. The zero-order valence-electron chi connectivity index (χ0n) is 14.3. The fourth-order valence-corrected chi connectivity index (χ4v) is 3.19. The first-order chi connectivity index (χ1) is 12.6. The molecule has 1 atom stereocenters. The molecule has 1 N–H and O–H groups in total. The van der Waals surface area contributed by atoms with Gasteiger partial charge in [-0.3, -0.25) is 4.79 Å². The van der Waals surface area contributed by atoms with Gasteiger partial charge in [0.15, 0.2) is 0 Å². The molecule has 2 aromatic carbocycles. The Morgan fingerprint density at radius 2 is 2.15 bits per heavy atom. The molecule has 132 valence electrons. The van der Waals surface area contributed by atoms with Gasteiger partial charge in [-0.05, 0) is 29.8 Å². The van der Waals surface area contributed by atoms with Crippen LogP contribution in [0.3, 0.4) is 0 Å². The van der Waals surface area contributed by atoms with Crippen LogP contribution in [0, 0.1) is 5.82 Å². The van der Waals surface area contributed by atoms with Crippen LogP contribution in [0.5, 0.6) is 5.75 Å². The molecule has 2 heterocycles. The Hall–Kier alpha value is -3.15. The van der Waals surface area contributed by atoms with Crippen molar-refractivity contribution in [2.24, 2.45) is 7.05 Å². The van der Waals surface area contributed by atoms with E-state index >= 15 is 0 Å². The Morgan fingerprint density at radius 3 is 2.92 bits per heavy atom. The highest BCUT2D eigenvalue weighted by Crippen LogP contribution is 2.27. The number of benzene rings is 2. The average Bonchev–Trinajstić information content (AvgIpc) is 3.28. The van der Waals surface area contributed by atoms with E-state index in [1.54, 1.807) is 47.3 Å². The minimum Gasteiger partial charge on any atom is -0.493 e. The molecule has 1 amide bonds. The van der Waals surface area contributed by atoms with Crippen molar-refractivity contribution in [2.45, 2.75) is 12.5 Å². The van der Waals surface area contributed by atoms with Crippen molar-refractivity contribution >= 4 is 5.91 Å². The van der Waals surface area contributed by atoms with E-state index in [0.29, 0.717) is 23.6 Å². The molecule has 0 fully saturated rings. The first kappa shape index (κ1) is 16.3. The van der Waals surface area contributed by atoms with E-state index in [1.165, 1.54) is 6.07 Å². The summed E-state index contributed by atoms with van der Waals surface area (Å²) < 4.78 is 21.6. The normalized spacial score (nSPS) is 13.8. The quantitative estimate of drug-likeness (QED) is 0.786. The molecule has 0 aliphatic carbocycles. The molecule has 6 heteroatoms. The lowest BCUT2D eigenvalue weighted by atomic mass is 10.0. The van der Waals surface area contributed by atoms with Gasteiger partial charge < -0.3 is 14.6 Å². The van der Waals surface area contributed by atoms with Gasteiger partial charge in [-0.25, -0.2) is 9.37 Å². The molecule has 3 aromatic rings. The third-order valence-corrected chi connectivity index (χ3v) is 4.56. The van der Waals surface area contributed by atoms with E-state index < -0.39 is 6.04 Å². The standard InChI is InChI=1S/C20H18FN3O2/c1-24-10-9-22-19(24)18(15-4-2-3-5-16(15)21)23-20(25)14-6-7-17-13(12-14)8-11-26-17/h2-7,9-10,12,18H,8,11H2,1H3,(H,23,25). The van der Waals surface area contributed by atoms with Gasteiger partial charge in [0.1, 0.15) is 23.4 Å². The summed E-state index contributed by atoms with van der Waals surface area (Å²) >= 11 is 0. The molecule has 5 nitrogen and oxygen atoms in total. The van der Waals surface area contributed by atoms with Crippen molar-refractivity contribution in [3.63, 3.8) is 0 Å². The molecule has 0 saturated carbocycles. The molecule has 1 aromatic heterocycles.